The van der Waals surface area contributed by atoms with Crippen LogP contribution in [0, 0.1) is 6.92 Å². The third-order valence-corrected chi connectivity index (χ3v) is 2.86. The van der Waals surface area contributed by atoms with E-state index in [9.17, 15) is 0 Å². The maximum Gasteiger partial charge on any atom is 0.162 e. The first-order chi connectivity index (χ1) is 9.63. The van der Waals surface area contributed by atoms with Crippen molar-refractivity contribution in [3.05, 3.63) is 42.0 Å². The highest BCUT2D eigenvalue weighted by molar-refractivity contribution is 5.55. The number of nitrogen functional groups attached to an aromatic ring is 1. The average Bonchev–Trinajstić information content (AvgIpc) is 2.46. The van der Waals surface area contributed by atoms with Gasteiger partial charge in [0, 0.05) is 11.8 Å². The van der Waals surface area contributed by atoms with Crippen molar-refractivity contribution in [2.75, 3.05) is 20.0 Å². The van der Waals surface area contributed by atoms with E-state index in [0.717, 1.165) is 11.3 Å². The molecular formula is C15H17N3O2. The Labute approximate surface area is 118 Å². The molecule has 0 unspecified atom stereocenters. The second-order valence-electron chi connectivity index (χ2n) is 4.29. The van der Waals surface area contributed by atoms with Gasteiger partial charge in [-0.05, 0) is 42.8 Å². The Hall–Kier alpha value is -2.56. The van der Waals surface area contributed by atoms with Crippen molar-refractivity contribution in [1.82, 2.24) is 0 Å². The second-order valence-corrected chi connectivity index (χ2v) is 4.29. The molecule has 0 radical (unpaired) electrons. The van der Waals surface area contributed by atoms with Crippen LogP contribution in [0.1, 0.15) is 5.56 Å². The Balaban J connectivity index is 2.27. The summed E-state index contributed by atoms with van der Waals surface area (Å²) in [5, 5.41) is 8.42. The molecule has 0 saturated carbocycles. The van der Waals surface area contributed by atoms with Crippen LogP contribution in [0.3, 0.4) is 0 Å². The molecule has 2 rings (SSSR count). The van der Waals surface area contributed by atoms with Gasteiger partial charge in [-0.1, -0.05) is 0 Å². The molecule has 0 aliphatic rings. The predicted molar refractivity (Wildman–Crippen MR) is 79.3 cm³/mol. The zero-order valence-electron chi connectivity index (χ0n) is 11.8. The van der Waals surface area contributed by atoms with Crippen molar-refractivity contribution in [3.8, 4) is 11.5 Å². The van der Waals surface area contributed by atoms with Gasteiger partial charge in [0.25, 0.3) is 0 Å². The molecule has 0 heterocycles. The van der Waals surface area contributed by atoms with Crippen LogP contribution < -0.4 is 15.2 Å². The number of rotatable bonds is 4. The quantitative estimate of drug-likeness (QED) is 0.674. The molecule has 104 valence electrons. The minimum atomic E-state index is 0.623. The van der Waals surface area contributed by atoms with Gasteiger partial charge >= 0.3 is 0 Å². The van der Waals surface area contributed by atoms with E-state index >= 15 is 0 Å². The molecule has 0 aromatic heterocycles. The molecule has 0 aliphatic heterocycles. The Kier molecular flexibility index (Phi) is 4.20. The highest BCUT2D eigenvalue weighted by Crippen LogP contribution is 2.32. The summed E-state index contributed by atoms with van der Waals surface area (Å²) in [6, 6.07) is 10.9. The van der Waals surface area contributed by atoms with Gasteiger partial charge in [-0.15, -0.1) is 0 Å². The van der Waals surface area contributed by atoms with Crippen LogP contribution in [0.25, 0.3) is 0 Å². The van der Waals surface area contributed by atoms with Crippen LogP contribution in [0.15, 0.2) is 46.6 Å². The lowest BCUT2D eigenvalue weighted by Gasteiger charge is -2.07. The van der Waals surface area contributed by atoms with Crippen LogP contribution in [-0.4, -0.2) is 14.2 Å². The summed E-state index contributed by atoms with van der Waals surface area (Å²) in [5.74, 6) is 1.29. The van der Waals surface area contributed by atoms with Gasteiger partial charge in [0.05, 0.1) is 25.6 Å². The number of methoxy groups -OCH3 is 2. The fraction of sp³-hybridized carbons (Fsp3) is 0.200. The Morgan fingerprint density at radius 1 is 0.900 bits per heavy atom. The molecular weight excluding hydrogens is 254 g/mol. The number of nitrogens with zero attached hydrogens (tertiary/aromatic N) is 2. The van der Waals surface area contributed by atoms with Gasteiger partial charge in [0.15, 0.2) is 11.5 Å². The zero-order valence-corrected chi connectivity index (χ0v) is 11.8. The molecule has 0 aliphatic carbocycles. The molecule has 0 saturated heterocycles. The van der Waals surface area contributed by atoms with E-state index in [1.807, 2.05) is 25.1 Å². The highest BCUT2D eigenvalue weighted by Gasteiger charge is 2.04. The molecule has 0 spiro atoms. The van der Waals surface area contributed by atoms with E-state index < -0.39 is 0 Å². The van der Waals surface area contributed by atoms with E-state index in [-0.39, 0.29) is 0 Å². The van der Waals surface area contributed by atoms with E-state index in [1.165, 1.54) is 0 Å². The van der Waals surface area contributed by atoms with E-state index in [0.29, 0.717) is 22.9 Å². The van der Waals surface area contributed by atoms with E-state index in [1.54, 1.807) is 32.4 Å². The lowest BCUT2D eigenvalue weighted by molar-refractivity contribution is 0.355. The molecule has 2 aromatic rings. The first-order valence-corrected chi connectivity index (χ1v) is 6.14. The maximum absolute atomic E-state index is 5.70. The van der Waals surface area contributed by atoms with Gasteiger partial charge in [0.1, 0.15) is 0 Å². The van der Waals surface area contributed by atoms with Gasteiger partial charge in [-0.2, -0.15) is 10.2 Å². The first-order valence-electron chi connectivity index (χ1n) is 6.14. The number of hydrogen-bond donors (Lipinski definition) is 1. The van der Waals surface area contributed by atoms with Crippen LogP contribution in [0.4, 0.5) is 17.1 Å². The Bertz CT molecular complexity index is 639. The summed E-state index contributed by atoms with van der Waals surface area (Å²) in [4.78, 5) is 0. The van der Waals surface area contributed by atoms with Crippen LogP contribution in [0.2, 0.25) is 0 Å². The Morgan fingerprint density at radius 2 is 1.65 bits per heavy atom. The fourth-order valence-corrected chi connectivity index (χ4v) is 1.79. The highest BCUT2D eigenvalue weighted by atomic mass is 16.5. The lowest BCUT2D eigenvalue weighted by Crippen LogP contribution is -1.89. The topological polar surface area (TPSA) is 69.2 Å². The number of hydrogen-bond acceptors (Lipinski definition) is 5. The third-order valence-electron chi connectivity index (χ3n) is 2.86. The van der Waals surface area contributed by atoms with Gasteiger partial charge in [-0.3, -0.25) is 0 Å². The maximum atomic E-state index is 5.70. The standard InChI is InChI=1S/C15H17N3O2/c1-10-8-11(16)4-6-13(10)18-17-12-5-7-14(19-2)15(9-12)20-3/h4-9H,16H2,1-3H3. The van der Waals surface area contributed by atoms with Crippen molar-refractivity contribution in [2.24, 2.45) is 10.2 Å². The van der Waals surface area contributed by atoms with Crippen LogP contribution in [0.5, 0.6) is 11.5 Å². The fourth-order valence-electron chi connectivity index (χ4n) is 1.79. The van der Waals surface area contributed by atoms with Crippen LogP contribution >= 0.6 is 0 Å². The molecule has 5 nitrogen and oxygen atoms in total. The SMILES string of the molecule is COc1ccc(N=Nc2ccc(N)cc2C)cc1OC. The molecule has 5 heteroatoms. The molecule has 2 N–H and O–H groups in total. The average molecular weight is 271 g/mol. The summed E-state index contributed by atoms with van der Waals surface area (Å²) in [6.45, 7) is 1.94. The summed E-state index contributed by atoms with van der Waals surface area (Å²) in [7, 11) is 3.18. The lowest BCUT2D eigenvalue weighted by atomic mass is 10.2. The minimum Gasteiger partial charge on any atom is -0.493 e. The van der Waals surface area contributed by atoms with Crippen molar-refractivity contribution >= 4 is 17.1 Å². The van der Waals surface area contributed by atoms with Gasteiger partial charge in [0.2, 0.25) is 0 Å². The summed E-state index contributed by atoms with van der Waals surface area (Å²) < 4.78 is 10.4. The van der Waals surface area contributed by atoms with E-state index in [4.69, 9.17) is 15.2 Å². The zero-order chi connectivity index (χ0) is 14.5. The van der Waals surface area contributed by atoms with Crippen molar-refractivity contribution in [3.63, 3.8) is 0 Å². The monoisotopic (exact) mass is 271 g/mol. The number of nitrogens with two attached hydrogens (primary N) is 1. The molecule has 0 amide bonds. The van der Waals surface area contributed by atoms with Gasteiger partial charge < -0.3 is 15.2 Å². The molecule has 0 fully saturated rings. The molecule has 20 heavy (non-hydrogen) atoms. The van der Waals surface area contributed by atoms with Crippen molar-refractivity contribution < 1.29 is 9.47 Å². The predicted octanol–water partition coefficient (Wildman–Crippen LogP) is 4.01. The number of azo groups is 1. The second kappa shape index (κ2) is 6.06. The molecule has 0 bridgehead atoms. The Morgan fingerprint density at radius 3 is 2.30 bits per heavy atom. The minimum absolute atomic E-state index is 0.623. The summed E-state index contributed by atoms with van der Waals surface area (Å²) in [5.41, 5.74) is 8.88. The van der Waals surface area contributed by atoms with Crippen molar-refractivity contribution in [1.29, 1.82) is 0 Å². The number of ether oxygens (including phenoxy) is 2. The first kappa shape index (κ1) is 13.9. The molecule has 2 aromatic carbocycles. The smallest absolute Gasteiger partial charge is 0.162 e. The normalized spacial score (nSPS) is 10.8. The number of anilines is 1. The third kappa shape index (κ3) is 3.06. The number of benzene rings is 2. The van der Waals surface area contributed by atoms with Crippen molar-refractivity contribution in [2.45, 2.75) is 6.92 Å². The number of aryl methyl sites for hydroxylation is 1. The largest absolute Gasteiger partial charge is 0.493 e. The van der Waals surface area contributed by atoms with Crippen LogP contribution in [-0.2, 0) is 0 Å². The summed E-state index contributed by atoms with van der Waals surface area (Å²) >= 11 is 0. The summed E-state index contributed by atoms with van der Waals surface area (Å²) in [6.07, 6.45) is 0. The van der Waals surface area contributed by atoms with Gasteiger partial charge in [-0.25, -0.2) is 0 Å². The molecule has 0 atom stereocenters. The van der Waals surface area contributed by atoms with E-state index in [2.05, 4.69) is 10.2 Å².